The van der Waals surface area contributed by atoms with Gasteiger partial charge in [0, 0.05) is 11.4 Å². The summed E-state index contributed by atoms with van der Waals surface area (Å²) in [6, 6.07) is 4.43. The quantitative estimate of drug-likeness (QED) is 0.742. The van der Waals surface area contributed by atoms with E-state index in [9.17, 15) is 13.2 Å². The Hall–Kier alpha value is -1.76. The molecule has 0 heterocycles. The summed E-state index contributed by atoms with van der Waals surface area (Å²) in [4.78, 5) is 11.0. The highest BCUT2D eigenvalue weighted by Gasteiger charge is 2.15. The van der Waals surface area contributed by atoms with E-state index >= 15 is 0 Å². The van der Waals surface area contributed by atoms with E-state index in [0.29, 0.717) is 0 Å². The second-order valence-electron chi connectivity index (χ2n) is 3.61. The van der Waals surface area contributed by atoms with Crippen LogP contribution in [0, 0.1) is 0 Å². The Morgan fingerprint density at radius 3 is 2.67 bits per heavy atom. The molecule has 0 aliphatic carbocycles. The van der Waals surface area contributed by atoms with Crippen LogP contribution in [0.4, 0.5) is 5.69 Å². The predicted molar refractivity (Wildman–Crippen MR) is 67.6 cm³/mol. The number of sulfone groups is 1. The van der Waals surface area contributed by atoms with Gasteiger partial charge in [0.2, 0.25) is 0 Å². The molecule has 0 radical (unpaired) electrons. The predicted octanol–water partition coefficient (Wildman–Crippen LogP) is 0.780. The molecule has 1 rings (SSSR count). The Morgan fingerprint density at radius 2 is 2.11 bits per heavy atom. The van der Waals surface area contributed by atoms with Crippen LogP contribution in [0.3, 0.4) is 0 Å². The van der Waals surface area contributed by atoms with Crippen LogP contribution in [0.5, 0.6) is 5.75 Å². The Morgan fingerprint density at radius 1 is 1.44 bits per heavy atom. The molecule has 0 fully saturated rings. The van der Waals surface area contributed by atoms with E-state index in [2.05, 4.69) is 0 Å². The molecule has 1 aromatic carbocycles. The van der Waals surface area contributed by atoms with Gasteiger partial charge in [0.1, 0.15) is 17.9 Å². The number of hydrogen-bond acceptors (Lipinski definition) is 5. The molecular formula is C11H15NO5S. The van der Waals surface area contributed by atoms with Gasteiger partial charge in [0.25, 0.3) is 0 Å². The van der Waals surface area contributed by atoms with Crippen LogP contribution in [0.1, 0.15) is 17.3 Å². The maximum atomic E-state index is 11.3. The van der Waals surface area contributed by atoms with Crippen LogP contribution < -0.4 is 10.5 Å². The normalized spacial score (nSPS) is 11.2. The molecule has 0 bridgehead atoms. The summed E-state index contributed by atoms with van der Waals surface area (Å²) in [6.07, 6.45) is 0. The van der Waals surface area contributed by atoms with Crippen molar-refractivity contribution in [1.82, 2.24) is 0 Å². The standard InChI is InChI=1S/C11H15NO5S/c1-2-18(15,16)7-6-17-9-5-3-4-8(12)10(9)11(13)14/h3-5H,2,6-7,12H2,1H3,(H,13,14). The zero-order chi connectivity index (χ0) is 13.8. The van der Waals surface area contributed by atoms with E-state index < -0.39 is 15.8 Å². The summed E-state index contributed by atoms with van der Waals surface area (Å²) in [5.74, 6) is -1.26. The number of hydrogen-bond donors (Lipinski definition) is 2. The van der Waals surface area contributed by atoms with Crippen molar-refractivity contribution in [2.75, 3.05) is 23.8 Å². The number of anilines is 1. The van der Waals surface area contributed by atoms with Crippen LogP contribution in [0.25, 0.3) is 0 Å². The molecule has 0 aromatic heterocycles. The molecule has 0 amide bonds. The van der Waals surface area contributed by atoms with E-state index in [4.69, 9.17) is 15.6 Å². The second kappa shape index (κ2) is 5.72. The molecule has 0 saturated carbocycles. The van der Waals surface area contributed by atoms with E-state index in [1.807, 2.05) is 0 Å². The highest BCUT2D eigenvalue weighted by molar-refractivity contribution is 7.91. The summed E-state index contributed by atoms with van der Waals surface area (Å²) in [7, 11) is -3.14. The molecule has 0 saturated heterocycles. The largest absolute Gasteiger partial charge is 0.492 e. The third-order valence-electron chi connectivity index (χ3n) is 2.36. The molecule has 3 N–H and O–H groups in total. The van der Waals surface area contributed by atoms with Crippen molar-refractivity contribution in [2.24, 2.45) is 0 Å². The average Bonchev–Trinajstić information content (AvgIpc) is 2.28. The third-order valence-corrected chi connectivity index (χ3v) is 4.03. The van der Waals surface area contributed by atoms with E-state index in [0.717, 1.165) is 0 Å². The number of carboxylic acid groups (broad SMARTS) is 1. The summed E-state index contributed by atoms with van der Waals surface area (Å²) < 4.78 is 27.7. The van der Waals surface area contributed by atoms with Gasteiger partial charge in [-0.3, -0.25) is 0 Å². The molecular weight excluding hydrogens is 258 g/mol. The van der Waals surface area contributed by atoms with Crippen molar-refractivity contribution in [2.45, 2.75) is 6.92 Å². The number of carboxylic acids is 1. The smallest absolute Gasteiger partial charge is 0.341 e. The number of nitrogens with two attached hydrogens (primary N) is 1. The lowest BCUT2D eigenvalue weighted by Gasteiger charge is -2.10. The van der Waals surface area contributed by atoms with Crippen molar-refractivity contribution in [1.29, 1.82) is 0 Å². The maximum absolute atomic E-state index is 11.3. The number of nitrogen functional groups attached to an aromatic ring is 1. The minimum Gasteiger partial charge on any atom is -0.492 e. The first-order valence-electron chi connectivity index (χ1n) is 5.32. The molecule has 0 unspecified atom stereocenters. The SMILES string of the molecule is CCS(=O)(=O)CCOc1cccc(N)c1C(=O)O. The maximum Gasteiger partial charge on any atom is 0.341 e. The monoisotopic (exact) mass is 273 g/mol. The fraction of sp³-hybridized carbons (Fsp3) is 0.364. The van der Waals surface area contributed by atoms with Gasteiger partial charge in [-0.1, -0.05) is 13.0 Å². The Kier molecular flexibility index (Phi) is 4.55. The summed E-state index contributed by atoms with van der Waals surface area (Å²) in [5, 5.41) is 8.97. The van der Waals surface area contributed by atoms with Gasteiger partial charge < -0.3 is 15.6 Å². The zero-order valence-electron chi connectivity index (χ0n) is 9.92. The van der Waals surface area contributed by atoms with Crippen LogP contribution >= 0.6 is 0 Å². The number of rotatable bonds is 6. The molecule has 6 nitrogen and oxygen atoms in total. The van der Waals surface area contributed by atoms with E-state index in [-0.39, 0.29) is 35.1 Å². The molecule has 7 heteroatoms. The van der Waals surface area contributed by atoms with Gasteiger partial charge in [-0.05, 0) is 12.1 Å². The number of ether oxygens (including phenoxy) is 1. The van der Waals surface area contributed by atoms with E-state index in [1.54, 1.807) is 13.0 Å². The Labute approximate surface area is 105 Å². The van der Waals surface area contributed by atoms with Gasteiger partial charge >= 0.3 is 5.97 Å². The Balaban J connectivity index is 2.80. The summed E-state index contributed by atoms with van der Waals surface area (Å²) in [5.41, 5.74) is 5.46. The van der Waals surface area contributed by atoms with Crippen LogP contribution in [0.2, 0.25) is 0 Å². The van der Waals surface area contributed by atoms with Gasteiger partial charge in [-0.15, -0.1) is 0 Å². The van der Waals surface area contributed by atoms with Crippen molar-refractivity contribution < 1.29 is 23.1 Å². The molecule has 0 spiro atoms. The fourth-order valence-corrected chi connectivity index (χ4v) is 1.95. The van der Waals surface area contributed by atoms with Crippen molar-refractivity contribution in [3.05, 3.63) is 23.8 Å². The molecule has 0 aliphatic heterocycles. The van der Waals surface area contributed by atoms with Crippen molar-refractivity contribution in [3.63, 3.8) is 0 Å². The summed E-state index contributed by atoms with van der Waals surface area (Å²) in [6.45, 7) is 1.44. The van der Waals surface area contributed by atoms with Crippen LogP contribution in [-0.2, 0) is 9.84 Å². The lowest BCUT2D eigenvalue weighted by Crippen LogP contribution is -2.16. The first kappa shape index (κ1) is 14.3. The lowest BCUT2D eigenvalue weighted by molar-refractivity contribution is 0.0694. The van der Waals surface area contributed by atoms with Gasteiger partial charge in [-0.25, -0.2) is 13.2 Å². The highest BCUT2D eigenvalue weighted by Crippen LogP contribution is 2.24. The van der Waals surface area contributed by atoms with Gasteiger partial charge in [0.05, 0.1) is 5.75 Å². The number of carbonyl (C=O) groups is 1. The molecule has 0 atom stereocenters. The third kappa shape index (κ3) is 3.63. The van der Waals surface area contributed by atoms with Crippen molar-refractivity contribution >= 4 is 21.5 Å². The molecule has 1 aromatic rings. The fourth-order valence-electron chi connectivity index (χ4n) is 1.32. The number of benzene rings is 1. The van der Waals surface area contributed by atoms with Crippen LogP contribution in [0.15, 0.2) is 18.2 Å². The first-order chi connectivity index (χ1) is 8.37. The summed E-state index contributed by atoms with van der Waals surface area (Å²) >= 11 is 0. The minimum absolute atomic E-state index is 0.0269. The first-order valence-corrected chi connectivity index (χ1v) is 7.14. The van der Waals surface area contributed by atoms with Gasteiger partial charge in [-0.2, -0.15) is 0 Å². The Bertz CT molecular complexity index is 538. The minimum atomic E-state index is -3.14. The van der Waals surface area contributed by atoms with Crippen LogP contribution in [-0.4, -0.2) is 37.6 Å². The second-order valence-corrected chi connectivity index (χ2v) is 6.08. The average molecular weight is 273 g/mol. The topological polar surface area (TPSA) is 107 Å². The zero-order valence-corrected chi connectivity index (χ0v) is 10.7. The van der Waals surface area contributed by atoms with Gasteiger partial charge in [0.15, 0.2) is 9.84 Å². The lowest BCUT2D eigenvalue weighted by atomic mass is 10.1. The molecule has 100 valence electrons. The van der Waals surface area contributed by atoms with E-state index in [1.165, 1.54) is 12.1 Å². The molecule has 18 heavy (non-hydrogen) atoms. The molecule has 0 aliphatic rings. The number of aromatic carboxylic acids is 1. The van der Waals surface area contributed by atoms with Crippen molar-refractivity contribution in [3.8, 4) is 5.75 Å². The highest BCUT2D eigenvalue weighted by atomic mass is 32.2.